The number of nitrogens with zero attached hydrogens (tertiary/aromatic N) is 2. The van der Waals surface area contributed by atoms with Crippen molar-refractivity contribution in [2.24, 2.45) is 0 Å². The second kappa shape index (κ2) is 5.33. The summed E-state index contributed by atoms with van der Waals surface area (Å²) in [6, 6.07) is 8.03. The van der Waals surface area contributed by atoms with Crippen molar-refractivity contribution in [1.82, 2.24) is 9.55 Å². The molecule has 0 spiro atoms. The molecule has 21 heavy (non-hydrogen) atoms. The van der Waals surface area contributed by atoms with E-state index in [1.807, 2.05) is 30.5 Å². The van der Waals surface area contributed by atoms with E-state index in [2.05, 4.69) is 34.8 Å². The van der Waals surface area contributed by atoms with Gasteiger partial charge in [0, 0.05) is 12.2 Å². The Morgan fingerprint density at radius 1 is 1.38 bits per heavy atom. The first-order valence-corrected chi connectivity index (χ1v) is 7.77. The summed E-state index contributed by atoms with van der Waals surface area (Å²) in [7, 11) is 0. The Labute approximate surface area is 127 Å². The summed E-state index contributed by atoms with van der Waals surface area (Å²) in [5, 5.41) is 4.96. The Morgan fingerprint density at radius 3 is 2.90 bits per heavy atom. The zero-order chi connectivity index (χ0) is 15.0. The van der Waals surface area contributed by atoms with Gasteiger partial charge in [-0.05, 0) is 49.9 Å². The van der Waals surface area contributed by atoms with Crippen molar-refractivity contribution in [3.8, 4) is 0 Å². The maximum atomic E-state index is 12.6. The van der Waals surface area contributed by atoms with Crippen molar-refractivity contribution in [2.45, 2.75) is 26.8 Å². The molecule has 0 aliphatic carbocycles. The molecule has 0 bridgehead atoms. The fraction of sp³-hybridized carbons (Fsp3) is 0.250. The van der Waals surface area contributed by atoms with Gasteiger partial charge in [-0.3, -0.25) is 4.79 Å². The maximum Gasteiger partial charge on any atom is 0.273 e. The SMILES string of the molecule is Cc1cccnc1NC(=O)c1cc2sccc2n1C(C)C. The van der Waals surface area contributed by atoms with Gasteiger partial charge in [0.15, 0.2) is 0 Å². The fourth-order valence-corrected chi connectivity index (χ4v) is 3.27. The van der Waals surface area contributed by atoms with E-state index in [0.717, 1.165) is 15.8 Å². The van der Waals surface area contributed by atoms with Gasteiger partial charge in [-0.2, -0.15) is 0 Å². The van der Waals surface area contributed by atoms with Crippen LogP contribution in [0.5, 0.6) is 0 Å². The Bertz CT molecular complexity index is 801. The summed E-state index contributed by atoms with van der Waals surface area (Å²) in [6.45, 7) is 6.10. The normalized spacial score (nSPS) is 11.2. The predicted molar refractivity (Wildman–Crippen MR) is 87.1 cm³/mol. The van der Waals surface area contributed by atoms with E-state index in [0.29, 0.717) is 11.5 Å². The molecule has 0 atom stereocenters. The molecule has 108 valence electrons. The smallest absolute Gasteiger partial charge is 0.273 e. The molecule has 3 heterocycles. The van der Waals surface area contributed by atoms with E-state index in [1.165, 1.54) is 0 Å². The van der Waals surface area contributed by atoms with Gasteiger partial charge in [-0.25, -0.2) is 4.98 Å². The summed E-state index contributed by atoms with van der Waals surface area (Å²) in [6.07, 6.45) is 1.68. The predicted octanol–water partition coefficient (Wildman–Crippen LogP) is 4.24. The van der Waals surface area contributed by atoms with Crippen molar-refractivity contribution < 1.29 is 4.79 Å². The number of amides is 1. The van der Waals surface area contributed by atoms with Crippen LogP contribution in [0.25, 0.3) is 10.2 Å². The van der Waals surface area contributed by atoms with Crippen LogP contribution >= 0.6 is 11.3 Å². The second-order valence-corrected chi connectivity index (χ2v) is 6.23. The number of hydrogen-bond donors (Lipinski definition) is 1. The quantitative estimate of drug-likeness (QED) is 0.786. The monoisotopic (exact) mass is 299 g/mol. The standard InChI is InChI=1S/C16H17N3OS/c1-10(2)19-12-6-8-21-14(12)9-13(19)16(20)18-15-11(3)5-4-7-17-15/h4-10H,1-3H3,(H,17,18,20). The lowest BCUT2D eigenvalue weighted by atomic mass is 10.3. The summed E-state index contributed by atoms with van der Waals surface area (Å²) in [5.74, 6) is 0.497. The van der Waals surface area contributed by atoms with Crippen LogP contribution in [-0.4, -0.2) is 15.5 Å². The molecule has 0 unspecified atom stereocenters. The molecule has 3 aromatic heterocycles. The lowest BCUT2D eigenvalue weighted by molar-refractivity contribution is 0.101. The highest BCUT2D eigenvalue weighted by Crippen LogP contribution is 2.28. The van der Waals surface area contributed by atoms with E-state index in [1.54, 1.807) is 17.5 Å². The van der Waals surface area contributed by atoms with E-state index < -0.39 is 0 Å². The fourth-order valence-electron chi connectivity index (χ4n) is 2.46. The number of hydrogen-bond acceptors (Lipinski definition) is 3. The molecule has 0 fully saturated rings. The molecular weight excluding hydrogens is 282 g/mol. The van der Waals surface area contributed by atoms with Crippen LogP contribution in [0.3, 0.4) is 0 Å². The van der Waals surface area contributed by atoms with E-state index in [9.17, 15) is 4.79 Å². The molecular formula is C16H17N3OS. The Morgan fingerprint density at radius 2 is 2.19 bits per heavy atom. The number of aromatic nitrogens is 2. The van der Waals surface area contributed by atoms with Gasteiger partial charge in [0.05, 0.1) is 10.2 Å². The van der Waals surface area contributed by atoms with E-state index in [4.69, 9.17) is 0 Å². The van der Waals surface area contributed by atoms with Crippen LogP contribution in [0.4, 0.5) is 5.82 Å². The third-order valence-electron chi connectivity index (χ3n) is 3.45. The number of thiophene rings is 1. The molecule has 4 nitrogen and oxygen atoms in total. The highest BCUT2D eigenvalue weighted by Gasteiger charge is 2.19. The highest BCUT2D eigenvalue weighted by molar-refractivity contribution is 7.17. The molecule has 3 rings (SSSR count). The molecule has 0 aromatic carbocycles. The minimum absolute atomic E-state index is 0.117. The van der Waals surface area contributed by atoms with Gasteiger partial charge < -0.3 is 9.88 Å². The Kier molecular flexibility index (Phi) is 3.51. The van der Waals surface area contributed by atoms with E-state index in [-0.39, 0.29) is 11.9 Å². The average Bonchev–Trinajstić information content (AvgIpc) is 3.00. The van der Waals surface area contributed by atoms with Crippen LogP contribution in [-0.2, 0) is 0 Å². The first-order chi connectivity index (χ1) is 10.1. The van der Waals surface area contributed by atoms with Crippen molar-refractivity contribution >= 4 is 33.3 Å². The minimum Gasteiger partial charge on any atom is -0.333 e. The average molecular weight is 299 g/mol. The summed E-state index contributed by atoms with van der Waals surface area (Å²) < 4.78 is 3.20. The zero-order valence-corrected chi connectivity index (χ0v) is 13.1. The topological polar surface area (TPSA) is 46.9 Å². The van der Waals surface area contributed by atoms with E-state index >= 15 is 0 Å². The highest BCUT2D eigenvalue weighted by atomic mass is 32.1. The van der Waals surface area contributed by atoms with Crippen LogP contribution < -0.4 is 5.32 Å². The Balaban J connectivity index is 2.00. The first kappa shape index (κ1) is 13.8. The molecule has 3 aromatic rings. The molecule has 0 saturated carbocycles. The maximum absolute atomic E-state index is 12.6. The van der Waals surface area contributed by atoms with Crippen LogP contribution in [0, 0.1) is 6.92 Å². The lowest BCUT2D eigenvalue weighted by Crippen LogP contribution is -2.19. The van der Waals surface area contributed by atoms with Gasteiger partial charge >= 0.3 is 0 Å². The number of anilines is 1. The molecule has 0 saturated heterocycles. The molecule has 0 aliphatic heterocycles. The van der Waals surface area contributed by atoms with Gasteiger partial charge in [-0.15, -0.1) is 11.3 Å². The molecule has 0 aliphatic rings. The largest absolute Gasteiger partial charge is 0.333 e. The van der Waals surface area contributed by atoms with Crippen LogP contribution in [0.2, 0.25) is 0 Å². The van der Waals surface area contributed by atoms with Gasteiger partial charge in [0.1, 0.15) is 11.5 Å². The summed E-state index contributed by atoms with van der Waals surface area (Å²) in [4.78, 5) is 16.8. The lowest BCUT2D eigenvalue weighted by Gasteiger charge is -2.14. The number of rotatable bonds is 3. The Hall–Kier alpha value is -2.14. The summed E-state index contributed by atoms with van der Waals surface area (Å²) >= 11 is 1.65. The van der Waals surface area contributed by atoms with Crippen molar-refractivity contribution in [2.75, 3.05) is 5.32 Å². The van der Waals surface area contributed by atoms with Gasteiger partial charge in [0.25, 0.3) is 5.91 Å². The van der Waals surface area contributed by atoms with Gasteiger partial charge in [0.2, 0.25) is 0 Å². The number of fused-ring (bicyclic) bond motifs is 1. The number of pyridine rings is 1. The first-order valence-electron chi connectivity index (χ1n) is 6.89. The third kappa shape index (κ3) is 2.45. The molecule has 1 amide bonds. The number of nitrogens with one attached hydrogen (secondary N) is 1. The summed E-state index contributed by atoms with van der Waals surface area (Å²) in [5.41, 5.74) is 2.74. The molecule has 5 heteroatoms. The van der Waals surface area contributed by atoms with Crippen molar-refractivity contribution in [3.05, 3.63) is 47.1 Å². The number of carbonyl (C=O) groups excluding carboxylic acids is 1. The third-order valence-corrected chi connectivity index (χ3v) is 4.30. The van der Waals surface area contributed by atoms with Crippen LogP contribution in [0.15, 0.2) is 35.8 Å². The second-order valence-electron chi connectivity index (χ2n) is 5.29. The zero-order valence-electron chi connectivity index (χ0n) is 12.3. The van der Waals surface area contributed by atoms with Crippen LogP contribution in [0.1, 0.15) is 35.9 Å². The molecule has 0 radical (unpaired) electrons. The van der Waals surface area contributed by atoms with Crippen molar-refractivity contribution in [1.29, 1.82) is 0 Å². The molecule has 1 N–H and O–H groups in total. The van der Waals surface area contributed by atoms with Gasteiger partial charge in [-0.1, -0.05) is 6.07 Å². The van der Waals surface area contributed by atoms with Crippen molar-refractivity contribution in [3.63, 3.8) is 0 Å². The number of carbonyl (C=O) groups is 1. The minimum atomic E-state index is -0.117. The number of aryl methyl sites for hydroxylation is 1.